The van der Waals surface area contributed by atoms with Gasteiger partial charge in [-0.15, -0.1) is 0 Å². The summed E-state index contributed by atoms with van der Waals surface area (Å²) in [7, 11) is 0. The number of piperidine rings is 1. The molecule has 0 bridgehead atoms. The van der Waals surface area contributed by atoms with Crippen LogP contribution in [0.15, 0.2) is 29.4 Å². The molecular formula is C19H28N4O2S. The lowest BCUT2D eigenvalue weighted by Gasteiger charge is -2.26. The Morgan fingerprint density at radius 1 is 1.23 bits per heavy atom. The van der Waals surface area contributed by atoms with Gasteiger partial charge in [-0.2, -0.15) is 5.10 Å². The highest BCUT2D eigenvalue weighted by Gasteiger charge is 2.16. The SMILES string of the molecule is C/C(=N/NC(=S)NC(C)C)c1ccc(OCC(=O)N2CCCCC2)cc1. The van der Waals surface area contributed by atoms with Crippen LogP contribution in [0.25, 0.3) is 0 Å². The molecule has 0 spiro atoms. The van der Waals surface area contributed by atoms with Gasteiger partial charge in [-0.05, 0) is 82.1 Å². The summed E-state index contributed by atoms with van der Waals surface area (Å²) in [4.78, 5) is 14.0. The summed E-state index contributed by atoms with van der Waals surface area (Å²) in [5.74, 6) is 0.735. The van der Waals surface area contributed by atoms with Crippen molar-refractivity contribution in [2.45, 2.75) is 46.1 Å². The number of hydrogen-bond donors (Lipinski definition) is 2. The molecule has 6 nitrogen and oxygen atoms in total. The second-order valence-corrected chi connectivity index (χ2v) is 7.10. The Labute approximate surface area is 161 Å². The Morgan fingerprint density at radius 3 is 2.50 bits per heavy atom. The zero-order chi connectivity index (χ0) is 18.9. The standard InChI is InChI=1S/C19H28N4O2S/c1-14(2)20-19(26)22-21-15(3)16-7-9-17(10-8-16)25-13-18(24)23-11-5-4-6-12-23/h7-10,14H,4-6,11-13H2,1-3H3,(H2,20,22,26)/b21-15-. The number of amides is 1. The molecular weight excluding hydrogens is 348 g/mol. The molecule has 0 aliphatic carbocycles. The quantitative estimate of drug-likeness (QED) is 0.454. The highest BCUT2D eigenvalue weighted by Crippen LogP contribution is 2.14. The molecule has 0 saturated carbocycles. The van der Waals surface area contributed by atoms with Crippen LogP contribution in [-0.4, -0.2) is 47.4 Å². The minimum atomic E-state index is 0.0573. The van der Waals surface area contributed by atoms with Gasteiger partial charge in [0.25, 0.3) is 5.91 Å². The predicted molar refractivity (Wildman–Crippen MR) is 109 cm³/mol. The maximum Gasteiger partial charge on any atom is 0.260 e. The molecule has 2 N–H and O–H groups in total. The normalized spacial score (nSPS) is 14.9. The number of hydrazone groups is 1. The summed E-state index contributed by atoms with van der Waals surface area (Å²) in [5.41, 5.74) is 4.60. The summed E-state index contributed by atoms with van der Waals surface area (Å²) in [6.07, 6.45) is 3.38. The zero-order valence-electron chi connectivity index (χ0n) is 15.7. The second-order valence-electron chi connectivity index (χ2n) is 6.69. The predicted octanol–water partition coefficient (Wildman–Crippen LogP) is 2.67. The van der Waals surface area contributed by atoms with Crippen molar-refractivity contribution < 1.29 is 9.53 Å². The second kappa shape index (κ2) is 10.1. The van der Waals surface area contributed by atoms with Gasteiger partial charge in [-0.25, -0.2) is 0 Å². The summed E-state index contributed by atoms with van der Waals surface area (Å²) in [5, 5.41) is 7.84. The number of likely N-dealkylation sites (tertiary alicyclic amines) is 1. The molecule has 0 atom stereocenters. The molecule has 1 amide bonds. The molecule has 1 saturated heterocycles. The number of nitrogens with zero attached hydrogens (tertiary/aromatic N) is 2. The van der Waals surface area contributed by atoms with E-state index in [1.807, 2.05) is 49.9 Å². The van der Waals surface area contributed by atoms with E-state index in [0.29, 0.717) is 10.9 Å². The van der Waals surface area contributed by atoms with Gasteiger partial charge in [0.05, 0.1) is 5.71 Å². The fourth-order valence-corrected chi connectivity index (χ4v) is 2.95. The van der Waals surface area contributed by atoms with Gasteiger partial charge in [0, 0.05) is 19.1 Å². The van der Waals surface area contributed by atoms with Gasteiger partial charge in [-0.3, -0.25) is 10.2 Å². The van der Waals surface area contributed by atoms with Crippen molar-refractivity contribution in [2.75, 3.05) is 19.7 Å². The number of hydrogen-bond acceptors (Lipinski definition) is 4. The number of benzene rings is 1. The molecule has 0 radical (unpaired) electrons. The number of ether oxygens (including phenoxy) is 1. The smallest absolute Gasteiger partial charge is 0.260 e. The number of carbonyl (C=O) groups is 1. The summed E-state index contributed by atoms with van der Waals surface area (Å²) in [6, 6.07) is 7.79. The third-order valence-corrected chi connectivity index (χ3v) is 4.30. The molecule has 26 heavy (non-hydrogen) atoms. The van der Waals surface area contributed by atoms with Crippen molar-refractivity contribution in [3.63, 3.8) is 0 Å². The van der Waals surface area contributed by atoms with E-state index in [4.69, 9.17) is 17.0 Å². The minimum Gasteiger partial charge on any atom is -0.484 e. The van der Waals surface area contributed by atoms with E-state index in [-0.39, 0.29) is 18.6 Å². The van der Waals surface area contributed by atoms with Crippen molar-refractivity contribution in [2.24, 2.45) is 5.10 Å². The van der Waals surface area contributed by atoms with Crippen molar-refractivity contribution >= 4 is 28.9 Å². The summed E-state index contributed by atoms with van der Waals surface area (Å²) < 4.78 is 5.62. The van der Waals surface area contributed by atoms with Crippen LogP contribution in [-0.2, 0) is 4.79 Å². The van der Waals surface area contributed by atoms with Gasteiger partial charge in [-0.1, -0.05) is 0 Å². The third kappa shape index (κ3) is 6.63. The van der Waals surface area contributed by atoms with Crippen LogP contribution in [0.2, 0.25) is 0 Å². The Kier molecular flexibility index (Phi) is 7.84. The van der Waals surface area contributed by atoms with Crippen LogP contribution in [0, 0.1) is 0 Å². The number of nitrogens with one attached hydrogen (secondary N) is 2. The highest BCUT2D eigenvalue weighted by atomic mass is 32.1. The lowest BCUT2D eigenvalue weighted by molar-refractivity contribution is -0.134. The lowest BCUT2D eigenvalue weighted by Crippen LogP contribution is -2.38. The average molecular weight is 377 g/mol. The first-order valence-electron chi connectivity index (χ1n) is 9.07. The average Bonchev–Trinajstić information content (AvgIpc) is 2.64. The third-order valence-electron chi connectivity index (χ3n) is 4.09. The van der Waals surface area contributed by atoms with Gasteiger partial charge >= 0.3 is 0 Å². The molecule has 1 aliphatic heterocycles. The fourth-order valence-electron chi connectivity index (χ4n) is 2.67. The molecule has 7 heteroatoms. The van der Waals surface area contributed by atoms with Crippen molar-refractivity contribution in [1.29, 1.82) is 0 Å². The Balaban J connectivity index is 1.83. The molecule has 2 rings (SSSR count). The number of rotatable bonds is 6. The highest BCUT2D eigenvalue weighted by molar-refractivity contribution is 7.80. The Hall–Kier alpha value is -2.15. The fraction of sp³-hybridized carbons (Fsp3) is 0.526. The van der Waals surface area contributed by atoms with E-state index in [2.05, 4.69) is 15.8 Å². The van der Waals surface area contributed by atoms with Gasteiger partial charge in [0.1, 0.15) is 5.75 Å². The first-order chi connectivity index (χ1) is 12.5. The van der Waals surface area contributed by atoms with Crippen LogP contribution in [0.1, 0.15) is 45.6 Å². The van der Waals surface area contributed by atoms with Crippen LogP contribution in [0.4, 0.5) is 0 Å². The largest absolute Gasteiger partial charge is 0.484 e. The minimum absolute atomic E-state index is 0.0573. The first-order valence-corrected chi connectivity index (χ1v) is 9.48. The van der Waals surface area contributed by atoms with Crippen molar-refractivity contribution in [3.8, 4) is 5.75 Å². The maximum absolute atomic E-state index is 12.1. The molecule has 0 unspecified atom stereocenters. The first kappa shape index (κ1) is 20.2. The summed E-state index contributed by atoms with van der Waals surface area (Å²) >= 11 is 5.15. The van der Waals surface area contributed by atoms with E-state index in [1.165, 1.54) is 6.42 Å². The molecule has 1 fully saturated rings. The molecule has 1 aliphatic rings. The lowest BCUT2D eigenvalue weighted by atomic mass is 10.1. The monoisotopic (exact) mass is 376 g/mol. The Morgan fingerprint density at radius 2 is 1.88 bits per heavy atom. The van der Waals surface area contributed by atoms with E-state index in [1.54, 1.807) is 0 Å². The topological polar surface area (TPSA) is 66.0 Å². The van der Waals surface area contributed by atoms with Crippen molar-refractivity contribution in [1.82, 2.24) is 15.6 Å². The zero-order valence-corrected chi connectivity index (χ0v) is 16.6. The molecule has 0 aromatic heterocycles. The van der Waals surface area contributed by atoms with Gasteiger partial charge in [0.2, 0.25) is 0 Å². The number of thiocarbonyl (C=S) groups is 1. The summed E-state index contributed by atoms with van der Waals surface area (Å²) in [6.45, 7) is 7.71. The van der Waals surface area contributed by atoms with E-state index >= 15 is 0 Å². The van der Waals surface area contributed by atoms with Gasteiger partial charge in [0.15, 0.2) is 11.7 Å². The molecule has 142 valence electrons. The number of carbonyl (C=O) groups excluding carboxylic acids is 1. The van der Waals surface area contributed by atoms with Crippen LogP contribution in [0.3, 0.4) is 0 Å². The molecule has 1 aromatic rings. The van der Waals surface area contributed by atoms with E-state index in [0.717, 1.165) is 37.2 Å². The van der Waals surface area contributed by atoms with E-state index in [9.17, 15) is 4.79 Å². The van der Waals surface area contributed by atoms with Crippen LogP contribution < -0.4 is 15.5 Å². The van der Waals surface area contributed by atoms with Crippen LogP contribution in [0.5, 0.6) is 5.75 Å². The van der Waals surface area contributed by atoms with E-state index < -0.39 is 0 Å². The van der Waals surface area contributed by atoms with Gasteiger partial charge < -0.3 is 15.0 Å². The molecule has 1 heterocycles. The Bertz CT molecular complexity index is 637. The maximum atomic E-state index is 12.1. The van der Waals surface area contributed by atoms with Crippen molar-refractivity contribution in [3.05, 3.63) is 29.8 Å². The van der Waals surface area contributed by atoms with Crippen LogP contribution >= 0.6 is 12.2 Å². The molecule has 1 aromatic carbocycles.